The van der Waals surface area contributed by atoms with Crippen LogP contribution in [-0.4, -0.2) is 31.1 Å². The summed E-state index contributed by atoms with van der Waals surface area (Å²) in [6, 6.07) is 8.84. The van der Waals surface area contributed by atoms with E-state index in [-0.39, 0.29) is 0 Å². The van der Waals surface area contributed by atoms with Crippen molar-refractivity contribution < 1.29 is 4.74 Å². The van der Waals surface area contributed by atoms with Gasteiger partial charge in [-0.3, -0.25) is 0 Å². The first-order valence-corrected chi connectivity index (χ1v) is 8.32. The van der Waals surface area contributed by atoms with Crippen molar-refractivity contribution in [1.29, 1.82) is 0 Å². The van der Waals surface area contributed by atoms with E-state index in [0.29, 0.717) is 6.54 Å². The van der Waals surface area contributed by atoms with Gasteiger partial charge in [-0.1, -0.05) is 31.9 Å². The van der Waals surface area contributed by atoms with Crippen molar-refractivity contribution >= 4 is 0 Å². The summed E-state index contributed by atoms with van der Waals surface area (Å²) in [7, 11) is 2.27. The van der Waals surface area contributed by atoms with Crippen molar-refractivity contribution in [2.24, 2.45) is 11.7 Å². The lowest BCUT2D eigenvalue weighted by Crippen LogP contribution is -2.39. The second-order valence-electron chi connectivity index (χ2n) is 6.36. The maximum Gasteiger partial charge on any atom is 0.119 e. The average Bonchev–Trinajstić information content (AvgIpc) is 2.52. The molecule has 3 nitrogen and oxygen atoms in total. The van der Waals surface area contributed by atoms with Crippen molar-refractivity contribution in [3.05, 3.63) is 29.8 Å². The lowest BCUT2D eigenvalue weighted by molar-refractivity contribution is 0.131. The highest BCUT2D eigenvalue weighted by molar-refractivity contribution is 5.28. The predicted molar refractivity (Wildman–Crippen MR) is 88.5 cm³/mol. The average molecular weight is 290 g/mol. The molecule has 0 saturated heterocycles. The summed E-state index contributed by atoms with van der Waals surface area (Å²) in [5, 5.41) is 0. The third-order valence-electron chi connectivity index (χ3n) is 4.69. The van der Waals surface area contributed by atoms with Crippen molar-refractivity contribution in [3.63, 3.8) is 0 Å². The van der Waals surface area contributed by atoms with Crippen LogP contribution < -0.4 is 10.5 Å². The molecule has 3 heteroatoms. The van der Waals surface area contributed by atoms with Gasteiger partial charge in [-0.25, -0.2) is 0 Å². The van der Waals surface area contributed by atoms with Crippen LogP contribution >= 0.6 is 0 Å². The van der Waals surface area contributed by atoms with Crippen LogP contribution in [-0.2, 0) is 6.54 Å². The molecule has 0 heterocycles. The zero-order valence-corrected chi connectivity index (χ0v) is 13.6. The van der Waals surface area contributed by atoms with E-state index < -0.39 is 0 Å². The number of nitrogens with two attached hydrogens (primary N) is 1. The van der Waals surface area contributed by atoms with Crippen LogP contribution in [0.4, 0.5) is 0 Å². The molecule has 1 aromatic carbocycles. The Morgan fingerprint density at radius 1 is 1.29 bits per heavy atom. The summed E-state index contributed by atoms with van der Waals surface area (Å²) in [6.07, 6.45) is 6.62. The molecule has 118 valence electrons. The van der Waals surface area contributed by atoms with Gasteiger partial charge in [0.2, 0.25) is 0 Å². The monoisotopic (exact) mass is 290 g/mol. The molecule has 2 rings (SSSR count). The van der Waals surface area contributed by atoms with Crippen LogP contribution in [0.25, 0.3) is 0 Å². The maximum absolute atomic E-state index is 5.83. The van der Waals surface area contributed by atoms with Crippen molar-refractivity contribution in [2.45, 2.75) is 51.6 Å². The third-order valence-corrected chi connectivity index (χ3v) is 4.69. The van der Waals surface area contributed by atoms with E-state index >= 15 is 0 Å². The second kappa shape index (κ2) is 8.40. The molecule has 21 heavy (non-hydrogen) atoms. The molecule has 0 spiro atoms. The van der Waals surface area contributed by atoms with Crippen LogP contribution in [0, 0.1) is 5.92 Å². The van der Waals surface area contributed by atoms with E-state index in [1.54, 1.807) is 0 Å². The first-order chi connectivity index (χ1) is 10.2. The molecule has 2 N–H and O–H groups in total. The lowest BCUT2D eigenvalue weighted by atomic mass is 9.85. The summed E-state index contributed by atoms with van der Waals surface area (Å²) in [4.78, 5) is 2.53. The lowest BCUT2D eigenvalue weighted by Gasteiger charge is -2.36. The molecule has 1 aliphatic carbocycles. The fourth-order valence-corrected chi connectivity index (χ4v) is 3.38. The van der Waals surface area contributed by atoms with Crippen LogP contribution in [0.5, 0.6) is 5.75 Å². The van der Waals surface area contributed by atoms with Crippen molar-refractivity contribution in [1.82, 2.24) is 4.90 Å². The van der Waals surface area contributed by atoms with Gasteiger partial charge in [0, 0.05) is 19.1 Å². The highest BCUT2D eigenvalue weighted by atomic mass is 16.5. The number of rotatable bonds is 7. The highest BCUT2D eigenvalue weighted by Gasteiger charge is 2.24. The molecule has 2 atom stereocenters. The van der Waals surface area contributed by atoms with Gasteiger partial charge in [0.25, 0.3) is 0 Å². The van der Waals surface area contributed by atoms with Crippen LogP contribution in [0.3, 0.4) is 0 Å². The van der Waals surface area contributed by atoms with Gasteiger partial charge in [-0.2, -0.15) is 0 Å². The Labute approximate surface area is 129 Å². The number of hydrogen-bond acceptors (Lipinski definition) is 3. The largest absolute Gasteiger partial charge is 0.494 e. The predicted octanol–water partition coefficient (Wildman–Crippen LogP) is 3.42. The molecule has 0 aromatic heterocycles. The highest BCUT2D eigenvalue weighted by Crippen LogP contribution is 2.27. The van der Waals surface area contributed by atoms with Gasteiger partial charge >= 0.3 is 0 Å². The summed E-state index contributed by atoms with van der Waals surface area (Å²) in [5.74, 6) is 1.78. The molecule has 0 amide bonds. The minimum absolute atomic E-state index is 0.569. The zero-order chi connectivity index (χ0) is 15.1. The third kappa shape index (κ3) is 5.01. The van der Waals surface area contributed by atoms with Crippen molar-refractivity contribution in [2.75, 3.05) is 20.2 Å². The Kier molecular flexibility index (Phi) is 6.52. The van der Waals surface area contributed by atoms with Crippen LogP contribution in [0.2, 0.25) is 0 Å². The molecule has 1 aromatic rings. The first-order valence-electron chi connectivity index (χ1n) is 8.32. The standard InChI is InChI=1S/C18H30N2O/c1-15-7-3-4-10-18(15)20(2)11-6-12-21-17-9-5-8-16(13-17)14-19/h5,8-9,13,15,18H,3-4,6-7,10-12,14,19H2,1-2H3. The van der Waals surface area contributed by atoms with E-state index in [0.717, 1.165) is 42.8 Å². The molecule has 0 bridgehead atoms. The van der Waals surface area contributed by atoms with Crippen molar-refractivity contribution in [3.8, 4) is 5.75 Å². The van der Waals surface area contributed by atoms with Gasteiger partial charge in [-0.05, 0) is 49.9 Å². The Morgan fingerprint density at radius 3 is 2.86 bits per heavy atom. The summed E-state index contributed by atoms with van der Waals surface area (Å²) in [5.41, 5.74) is 6.77. The summed E-state index contributed by atoms with van der Waals surface area (Å²) in [6.45, 7) is 4.86. The zero-order valence-electron chi connectivity index (χ0n) is 13.6. The first kappa shape index (κ1) is 16.3. The molecule has 1 saturated carbocycles. The van der Waals surface area contributed by atoms with E-state index in [1.165, 1.54) is 25.7 Å². The smallest absolute Gasteiger partial charge is 0.119 e. The minimum Gasteiger partial charge on any atom is -0.494 e. The molecular formula is C18H30N2O. The normalized spacial score (nSPS) is 22.5. The fraction of sp³-hybridized carbons (Fsp3) is 0.667. The second-order valence-corrected chi connectivity index (χ2v) is 6.36. The van der Waals surface area contributed by atoms with Crippen LogP contribution in [0.15, 0.2) is 24.3 Å². The molecule has 0 aliphatic heterocycles. The van der Waals surface area contributed by atoms with E-state index in [4.69, 9.17) is 10.5 Å². The molecule has 1 aliphatic rings. The summed E-state index contributed by atoms with van der Waals surface area (Å²) >= 11 is 0. The SMILES string of the molecule is CC1CCCCC1N(C)CCCOc1cccc(CN)c1. The molecule has 1 fully saturated rings. The quantitative estimate of drug-likeness (QED) is 0.782. The molecule has 0 radical (unpaired) electrons. The summed E-state index contributed by atoms with van der Waals surface area (Å²) < 4.78 is 5.83. The van der Waals surface area contributed by atoms with Gasteiger partial charge in [0.05, 0.1) is 6.61 Å². The van der Waals surface area contributed by atoms with Gasteiger partial charge in [0.15, 0.2) is 0 Å². The molecule has 2 unspecified atom stereocenters. The topological polar surface area (TPSA) is 38.5 Å². The van der Waals surface area contributed by atoms with E-state index in [2.05, 4.69) is 18.9 Å². The minimum atomic E-state index is 0.569. The number of ether oxygens (including phenoxy) is 1. The maximum atomic E-state index is 5.83. The molecular weight excluding hydrogens is 260 g/mol. The fourth-order valence-electron chi connectivity index (χ4n) is 3.38. The van der Waals surface area contributed by atoms with Crippen LogP contribution in [0.1, 0.15) is 44.6 Å². The number of hydrogen-bond donors (Lipinski definition) is 1. The van der Waals surface area contributed by atoms with Gasteiger partial charge in [0.1, 0.15) is 5.75 Å². The number of nitrogens with zero attached hydrogens (tertiary/aromatic N) is 1. The Morgan fingerprint density at radius 2 is 2.10 bits per heavy atom. The Hall–Kier alpha value is -1.06. The van der Waals surface area contributed by atoms with Gasteiger partial charge in [-0.15, -0.1) is 0 Å². The Bertz CT molecular complexity index is 421. The number of benzene rings is 1. The van der Waals surface area contributed by atoms with E-state index in [9.17, 15) is 0 Å². The van der Waals surface area contributed by atoms with Gasteiger partial charge < -0.3 is 15.4 Å². The Balaban J connectivity index is 1.69. The van der Waals surface area contributed by atoms with E-state index in [1.807, 2.05) is 24.3 Å².